The Labute approximate surface area is 59.1 Å². The van der Waals surface area contributed by atoms with Gasteiger partial charge in [-0.1, -0.05) is 0 Å². The van der Waals surface area contributed by atoms with E-state index in [1.54, 1.807) is 4.73 Å². The van der Waals surface area contributed by atoms with E-state index in [-0.39, 0.29) is 0 Å². The Kier molecular flexibility index (Phi) is 4.37. The molecule has 0 amide bonds. The average molecular weight is 233 g/mol. The van der Waals surface area contributed by atoms with Crippen molar-refractivity contribution in [1.82, 2.24) is 0 Å². The summed E-state index contributed by atoms with van der Waals surface area (Å²) in [7, 11) is 0. The quantitative estimate of drug-likeness (QED) is 0.532. The van der Waals surface area contributed by atoms with Gasteiger partial charge in [0.2, 0.25) is 0 Å². The molecule has 0 saturated carbocycles. The first-order valence-corrected chi connectivity index (χ1v) is 3.17. The van der Waals surface area contributed by atoms with Crippen LogP contribution in [0.4, 0.5) is 0 Å². The summed E-state index contributed by atoms with van der Waals surface area (Å²) >= 11 is 4.26. The molecule has 0 atom stereocenters. The molecule has 33 valence electrons. The molecule has 1 nitrogen and oxygen atoms in total. The van der Waals surface area contributed by atoms with Gasteiger partial charge in [-0.25, -0.2) is 0 Å². The second-order valence-electron chi connectivity index (χ2n) is 0.643. The summed E-state index contributed by atoms with van der Waals surface area (Å²) in [5.41, 5.74) is 0. The molecule has 0 aliphatic heterocycles. The Balaban J connectivity index is 3.50. The Bertz CT molecular complexity index is 78.9. The van der Waals surface area contributed by atoms with Crippen LogP contribution in [0.15, 0.2) is 9.84 Å². The standard InChI is InChI=1S/C3H3IO.V/c1-3(4)2-5;/h1-2,5H;. The number of hydrogen-bond acceptors (Lipinski definition) is 1. The molecule has 0 aromatic rings. The van der Waals surface area contributed by atoms with Crippen LogP contribution < -0.4 is 0 Å². The van der Waals surface area contributed by atoms with Crippen LogP contribution in [0.3, 0.4) is 0 Å². The van der Waals surface area contributed by atoms with E-state index < -0.39 is 0 Å². The fraction of sp³-hybridized carbons (Fsp3) is 0. The van der Waals surface area contributed by atoms with Crippen molar-refractivity contribution in [3.63, 3.8) is 0 Å². The Morgan fingerprint density at radius 3 is 2.33 bits per heavy atom. The minimum atomic E-state index is 0.840. The van der Waals surface area contributed by atoms with Gasteiger partial charge in [-0.05, 0) is 0 Å². The van der Waals surface area contributed by atoms with Crippen molar-refractivity contribution in [1.29, 1.82) is 0 Å². The fourth-order valence-corrected chi connectivity index (χ4v) is 0.137. The van der Waals surface area contributed by atoms with E-state index in [1.807, 2.05) is 22.6 Å². The molecule has 0 aliphatic carbocycles. The first kappa shape index (κ1) is 6.72. The summed E-state index contributed by atoms with van der Waals surface area (Å²) in [4.78, 5) is 0. The maximum atomic E-state index is 8.12. The molecule has 0 radical (unpaired) electrons. The van der Waals surface area contributed by atoms with Crippen LogP contribution in [0.2, 0.25) is 0 Å². The van der Waals surface area contributed by atoms with Gasteiger partial charge in [0.1, 0.15) is 0 Å². The summed E-state index contributed by atoms with van der Waals surface area (Å²) < 4.78 is 2.60. The number of rotatable bonds is 1. The summed E-state index contributed by atoms with van der Waals surface area (Å²) in [5, 5.41) is 8.12. The molecule has 0 aliphatic rings. The van der Waals surface area contributed by atoms with Gasteiger partial charge < -0.3 is 0 Å². The third-order valence-electron chi connectivity index (χ3n) is 0.247. The molecule has 0 aromatic heterocycles. The molecule has 0 saturated heterocycles. The zero-order chi connectivity index (χ0) is 4.99. The van der Waals surface area contributed by atoms with E-state index in [4.69, 9.17) is 5.11 Å². The van der Waals surface area contributed by atoms with E-state index in [2.05, 4.69) is 17.0 Å². The normalized spacial score (nSPS) is 11.0. The zero-order valence-electron chi connectivity index (χ0n) is 2.93. The summed E-state index contributed by atoms with van der Waals surface area (Å²) in [6.45, 7) is 0. The maximum absolute atomic E-state index is 8.12. The molecule has 0 unspecified atom stereocenters. The Morgan fingerprint density at radius 2 is 2.33 bits per heavy atom. The zero-order valence-corrected chi connectivity index (χ0v) is 6.48. The van der Waals surface area contributed by atoms with E-state index in [9.17, 15) is 0 Å². The van der Waals surface area contributed by atoms with Crippen LogP contribution in [-0.2, 0) is 17.0 Å². The summed E-state index contributed by atoms with van der Waals surface area (Å²) in [6.07, 6.45) is 1.05. The summed E-state index contributed by atoms with van der Waals surface area (Å²) in [5.74, 6) is 0. The molecule has 0 heterocycles. The van der Waals surface area contributed by atoms with Crippen molar-refractivity contribution in [2.75, 3.05) is 0 Å². The molecule has 0 fully saturated rings. The molecule has 0 spiro atoms. The van der Waals surface area contributed by atoms with E-state index in [1.165, 1.54) is 0 Å². The van der Waals surface area contributed by atoms with Crippen molar-refractivity contribution in [2.45, 2.75) is 0 Å². The van der Waals surface area contributed by atoms with Crippen LogP contribution in [0, 0.1) is 0 Å². The molecule has 6 heavy (non-hydrogen) atoms. The van der Waals surface area contributed by atoms with Crippen molar-refractivity contribution in [3.8, 4) is 0 Å². The van der Waals surface area contributed by atoms with Crippen LogP contribution in [0.25, 0.3) is 0 Å². The Hall–Kier alpha value is 0.724. The van der Waals surface area contributed by atoms with Gasteiger partial charge in [0, 0.05) is 0 Å². The van der Waals surface area contributed by atoms with Crippen molar-refractivity contribution >= 4 is 27.3 Å². The number of aliphatic hydroxyl groups is 1. The third-order valence-corrected chi connectivity index (χ3v) is 2.06. The molecule has 0 rings (SSSR count). The molecule has 1 N–H and O–H groups in total. The molecular weight excluding hydrogens is 230 g/mol. The van der Waals surface area contributed by atoms with Gasteiger partial charge >= 0.3 is 59.2 Å². The molecule has 0 aromatic carbocycles. The minimum absolute atomic E-state index is 0.840. The van der Waals surface area contributed by atoms with Crippen molar-refractivity contribution in [2.24, 2.45) is 0 Å². The average Bonchev–Trinajstić information content (AvgIpc) is 1.65. The summed E-state index contributed by atoms with van der Waals surface area (Å²) in [6, 6.07) is 0. The van der Waals surface area contributed by atoms with Crippen LogP contribution in [-0.4, -0.2) is 9.84 Å². The molecule has 3 heteroatoms. The van der Waals surface area contributed by atoms with Crippen molar-refractivity contribution < 1.29 is 22.1 Å². The third kappa shape index (κ3) is 2.94. The van der Waals surface area contributed by atoms with E-state index in [0.717, 1.165) is 9.84 Å². The van der Waals surface area contributed by atoms with E-state index in [0.29, 0.717) is 0 Å². The monoisotopic (exact) mass is 233 g/mol. The van der Waals surface area contributed by atoms with Crippen LogP contribution >= 0.6 is 22.6 Å². The van der Waals surface area contributed by atoms with Crippen molar-refractivity contribution in [3.05, 3.63) is 9.84 Å². The number of hydrogen-bond donors (Lipinski definition) is 1. The molecule has 0 bridgehead atoms. The van der Waals surface area contributed by atoms with Gasteiger partial charge in [-0.15, -0.1) is 0 Å². The SMILES string of the molecule is OC=C(I)[CH]=[V]. The Morgan fingerprint density at radius 1 is 1.83 bits per heavy atom. The number of halogens is 1. The number of allylic oxidation sites excluding steroid dienone is 1. The first-order chi connectivity index (χ1) is 2.81. The van der Waals surface area contributed by atoms with Gasteiger partial charge in [-0.3, -0.25) is 0 Å². The second-order valence-corrected chi connectivity index (χ2v) is 2.29. The predicted molar refractivity (Wildman–Crippen MR) is 30.8 cm³/mol. The predicted octanol–water partition coefficient (Wildman–Crippen LogP) is 1.17. The molecular formula is C3H3IOV. The van der Waals surface area contributed by atoms with Gasteiger partial charge in [0.25, 0.3) is 0 Å². The van der Waals surface area contributed by atoms with Gasteiger partial charge in [-0.2, -0.15) is 0 Å². The first-order valence-electron chi connectivity index (χ1n) is 1.28. The van der Waals surface area contributed by atoms with Gasteiger partial charge in [0.05, 0.1) is 0 Å². The van der Waals surface area contributed by atoms with Crippen LogP contribution in [0.1, 0.15) is 0 Å². The second kappa shape index (κ2) is 3.90. The number of aliphatic hydroxyl groups excluding tert-OH is 1. The fourth-order valence-electron chi connectivity index (χ4n) is 0.0333. The van der Waals surface area contributed by atoms with E-state index >= 15 is 0 Å². The topological polar surface area (TPSA) is 20.2 Å². The van der Waals surface area contributed by atoms with Crippen LogP contribution in [0.5, 0.6) is 0 Å². The van der Waals surface area contributed by atoms with Gasteiger partial charge in [0.15, 0.2) is 0 Å².